The van der Waals surface area contributed by atoms with Crippen molar-refractivity contribution in [2.75, 3.05) is 47.5 Å². The van der Waals surface area contributed by atoms with Crippen LogP contribution in [-0.2, 0) is 6.54 Å². The minimum absolute atomic E-state index is 0.0336. The maximum Gasteiger partial charge on any atom is 0.257 e. The number of carbonyl (C=O) groups is 1. The quantitative estimate of drug-likeness (QED) is 0.766. The Morgan fingerprint density at radius 2 is 1.50 bits per heavy atom. The number of carbonyl (C=O) groups excluding carboxylic acids is 1. The molecule has 6 heteroatoms. The van der Waals surface area contributed by atoms with E-state index in [1.807, 2.05) is 42.2 Å². The first-order valence-electron chi connectivity index (χ1n) is 9.43. The number of nitrogens with zero attached hydrogens (tertiary/aromatic N) is 2. The molecule has 28 heavy (non-hydrogen) atoms. The van der Waals surface area contributed by atoms with Crippen LogP contribution in [0.3, 0.4) is 0 Å². The van der Waals surface area contributed by atoms with Gasteiger partial charge in [-0.2, -0.15) is 0 Å². The van der Waals surface area contributed by atoms with Gasteiger partial charge >= 0.3 is 0 Å². The van der Waals surface area contributed by atoms with Crippen LogP contribution < -0.4 is 14.2 Å². The summed E-state index contributed by atoms with van der Waals surface area (Å²) in [6.45, 7) is 5.85. The average molecular weight is 384 g/mol. The molecular weight excluding hydrogens is 356 g/mol. The third kappa shape index (κ3) is 4.39. The SMILES string of the molecule is COc1ccc(CN2CCN(C(=O)c3cc(C)ccc3OC)CC2)cc1OC. The molecule has 0 atom stereocenters. The number of hydrogen-bond acceptors (Lipinski definition) is 5. The highest BCUT2D eigenvalue weighted by Crippen LogP contribution is 2.28. The summed E-state index contributed by atoms with van der Waals surface area (Å²) < 4.78 is 16.1. The Balaban J connectivity index is 1.62. The molecule has 2 aromatic carbocycles. The zero-order chi connectivity index (χ0) is 20.1. The largest absolute Gasteiger partial charge is 0.496 e. The third-order valence-electron chi connectivity index (χ3n) is 5.10. The van der Waals surface area contributed by atoms with Crippen molar-refractivity contribution in [1.82, 2.24) is 9.80 Å². The lowest BCUT2D eigenvalue weighted by Gasteiger charge is -2.35. The molecule has 0 radical (unpaired) electrons. The minimum atomic E-state index is 0.0336. The Morgan fingerprint density at radius 1 is 0.857 bits per heavy atom. The van der Waals surface area contributed by atoms with Crippen LogP contribution in [0.2, 0.25) is 0 Å². The maximum atomic E-state index is 12.9. The molecule has 6 nitrogen and oxygen atoms in total. The maximum absolute atomic E-state index is 12.9. The summed E-state index contributed by atoms with van der Waals surface area (Å²) in [5.41, 5.74) is 2.85. The summed E-state index contributed by atoms with van der Waals surface area (Å²) in [6.07, 6.45) is 0. The molecule has 0 aliphatic carbocycles. The molecule has 0 bridgehead atoms. The monoisotopic (exact) mass is 384 g/mol. The normalized spacial score (nSPS) is 14.6. The van der Waals surface area contributed by atoms with Crippen molar-refractivity contribution >= 4 is 5.91 Å². The lowest BCUT2D eigenvalue weighted by molar-refractivity contribution is 0.0625. The van der Waals surface area contributed by atoms with E-state index in [2.05, 4.69) is 11.0 Å². The van der Waals surface area contributed by atoms with Gasteiger partial charge < -0.3 is 19.1 Å². The van der Waals surface area contributed by atoms with Crippen LogP contribution in [0.25, 0.3) is 0 Å². The number of benzene rings is 2. The van der Waals surface area contributed by atoms with Crippen LogP contribution in [-0.4, -0.2) is 63.2 Å². The number of amides is 1. The van der Waals surface area contributed by atoms with Crippen LogP contribution in [0, 0.1) is 6.92 Å². The molecule has 1 aliphatic heterocycles. The number of aryl methyl sites for hydroxylation is 1. The van der Waals surface area contributed by atoms with Crippen LogP contribution in [0.4, 0.5) is 0 Å². The average Bonchev–Trinajstić information content (AvgIpc) is 2.73. The fourth-order valence-corrected chi connectivity index (χ4v) is 3.51. The number of rotatable bonds is 6. The number of piperazine rings is 1. The second-order valence-electron chi connectivity index (χ2n) is 6.96. The second-order valence-corrected chi connectivity index (χ2v) is 6.96. The molecule has 0 saturated carbocycles. The van der Waals surface area contributed by atoms with Crippen LogP contribution in [0.5, 0.6) is 17.2 Å². The molecule has 0 N–H and O–H groups in total. The van der Waals surface area contributed by atoms with Crippen LogP contribution in [0.15, 0.2) is 36.4 Å². The molecule has 0 spiro atoms. The van der Waals surface area contributed by atoms with Gasteiger partial charge in [0, 0.05) is 32.7 Å². The van der Waals surface area contributed by atoms with E-state index < -0.39 is 0 Å². The molecule has 3 rings (SSSR count). The highest BCUT2D eigenvalue weighted by atomic mass is 16.5. The minimum Gasteiger partial charge on any atom is -0.496 e. The lowest BCUT2D eigenvalue weighted by atomic mass is 10.1. The number of hydrogen-bond donors (Lipinski definition) is 0. The Kier molecular flexibility index (Phi) is 6.41. The first-order chi connectivity index (χ1) is 13.5. The Morgan fingerprint density at radius 3 is 2.14 bits per heavy atom. The molecular formula is C22H28N2O4. The van der Waals surface area contributed by atoms with Gasteiger partial charge in [0.05, 0.1) is 26.9 Å². The van der Waals surface area contributed by atoms with Gasteiger partial charge in [-0.3, -0.25) is 9.69 Å². The fourth-order valence-electron chi connectivity index (χ4n) is 3.51. The van der Waals surface area contributed by atoms with Crippen LogP contribution >= 0.6 is 0 Å². The van der Waals surface area contributed by atoms with Crippen molar-refractivity contribution in [2.45, 2.75) is 13.5 Å². The Bertz CT molecular complexity index is 829. The van der Waals surface area contributed by atoms with Crippen molar-refractivity contribution in [3.05, 3.63) is 53.1 Å². The zero-order valence-corrected chi connectivity index (χ0v) is 17.0. The van der Waals surface area contributed by atoms with E-state index in [0.29, 0.717) is 24.4 Å². The first-order valence-corrected chi connectivity index (χ1v) is 9.43. The van der Waals surface area contributed by atoms with E-state index in [4.69, 9.17) is 14.2 Å². The molecule has 150 valence electrons. The van der Waals surface area contributed by atoms with Crippen molar-refractivity contribution in [1.29, 1.82) is 0 Å². The molecule has 1 fully saturated rings. The molecule has 1 heterocycles. The van der Waals surface area contributed by atoms with E-state index in [-0.39, 0.29) is 5.91 Å². The van der Waals surface area contributed by atoms with E-state index in [1.165, 1.54) is 0 Å². The Hall–Kier alpha value is -2.73. The number of ether oxygens (including phenoxy) is 3. The van der Waals surface area contributed by atoms with Gasteiger partial charge in [0.15, 0.2) is 11.5 Å². The predicted molar refractivity (Wildman–Crippen MR) is 108 cm³/mol. The first kappa shape index (κ1) is 20.0. The van der Waals surface area contributed by atoms with E-state index >= 15 is 0 Å². The molecule has 0 unspecified atom stereocenters. The van der Waals surface area contributed by atoms with E-state index in [0.717, 1.165) is 42.3 Å². The van der Waals surface area contributed by atoms with Crippen molar-refractivity contribution in [3.63, 3.8) is 0 Å². The highest BCUT2D eigenvalue weighted by Gasteiger charge is 2.24. The predicted octanol–water partition coefficient (Wildman–Crippen LogP) is 2.98. The van der Waals surface area contributed by atoms with Gasteiger partial charge in [-0.05, 0) is 36.8 Å². The summed E-state index contributed by atoms with van der Waals surface area (Å²) in [4.78, 5) is 17.2. The van der Waals surface area contributed by atoms with Gasteiger partial charge in [-0.1, -0.05) is 17.7 Å². The molecule has 0 aromatic heterocycles. The fraction of sp³-hybridized carbons (Fsp3) is 0.409. The van der Waals surface area contributed by atoms with E-state index in [9.17, 15) is 4.79 Å². The van der Waals surface area contributed by atoms with Gasteiger partial charge in [-0.15, -0.1) is 0 Å². The van der Waals surface area contributed by atoms with Crippen LogP contribution in [0.1, 0.15) is 21.5 Å². The summed E-state index contributed by atoms with van der Waals surface area (Å²) in [5.74, 6) is 2.13. The zero-order valence-electron chi connectivity index (χ0n) is 17.0. The topological polar surface area (TPSA) is 51.2 Å². The lowest BCUT2D eigenvalue weighted by Crippen LogP contribution is -2.48. The summed E-state index contributed by atoms with van der Waals surface area (Å²) in [7, 11) is 4.88. The van der Waals surface area contributed by atoms with Crippen molar-refractivity contribution in [3.8, 4) is 17.2 Å². The van der Waals surface area contributed by atoms with Gasteiger partial charge in [0.2, 0.25) is 0 Å². The van der Waals surface area contributed by atoms with Crippen molar-refractivity contribution in [2.24, 2.45) is 0 Å². The number of methoxy groups -OCH3 is 3. The highest BCUT2D eigenvalue weighted by molar-refractivity contribution is 5.97. The third-order valence-corrected chi connectivity index (χ3v) is 5.10. The summed E-state index contributed by atoms with van der Waals surface area (Å²) in [6, 6.07) is 11.7. The molecule has 1 aliphatic rings. The van der Waals surface area contributed by atoms with Gasteiger partial charge in [0.25, 0.3) is 5.91 Å². The van der Waals surface area contributed by atoms with Crippen molar-refractivity contribution < 1.29 is 19.0 Å². The standard InChI is InChI=1S/C22H28N2O4/c1-16-5-7-19(26-2)18(13-16)22(25)24-11-9-23(10-12-24)15-17-6-8-20(27-3)21(14-17)28-4/h5-8,13-14H,9-12,15H2,1-4H3. The van der Waals surface area contributed by atoms with Gasteiger partial charge in [0.1, 0.15) is 5.75 Å². The van der Waals surface area contributed by atoms with E-state index in [1.54, 1.807) is 21.3 Å². The summed E-state index contributed by atoms with van der Waals surface area (Å²) >= 11 is 0. The smallest absolute Gasteiger partial charge is 0.257 e. The second kappa shape index (κ2) is 8.97. The summed E-state index contributed by atoms with van der Waals surface area (Å²) in [5, 5.41) is 0. The molecule has 1 saturated heterocycles. The Labute approximate surface area is 166 Å². The van der Waals surface area contributed by atoms with Gasteiger partial charge in [-0.25, -0.2) is 0 Å². The molecule has 1 amide bonds. The molecule has 2 aromatic rings.